The van der Waals surface area contributed by atoms with E-state index in [0.717, 1.165) is 38.5 Å². The molecule has 7 rings (SSSR count). The summed E-state index contributed by atoms with van der Waals surface area (Å²) in [6.07, 6.45) is -1.74. The minimum atomic E-state index is -1.60. The third-order valence-corrected chi connectivity index (χ3v) is 16.8. The summed E-state index contributed by atoms with van der Waals surface area (Å²) < 4.78 is 24.4. The molecule has 2 aliphatic heterocycles. The molecule has 0 amide bonds. The van der Waals surface area contributed by atoms with E-state index in [-0.39, 0.29) is 58.7 Å². The molecular formula is C41H66O12. The number of aliphatic hydroxyl groups excluding tert-OH is 6. The molecule has 0 spiro atoms. The van der Waals surface area contributed by atoms with Crippen LogP contribution in [0, 0.1) is 50.2 Å². The fourth-order valence-corrected chi connectivity index (χ4v) is 13.5. The Kier molecular flexibility index (Phi) is 10.2. The zero-order valence-electron chi connectivity index (χ0n) is 32.7. The Labute approximate surface area is 314 Å². The van der Waals surface area contributed by atoms with E-state index < -0.39 is 72.1 Å². The molecule has 5 aliphatic carbocycles. The van der Waals surface area contributed by atoms with Crippen LogP contribution < -0.4 is 0 Å². The van der Waals surface area contributed by atoms with Crippen LogP contribution in [-0.2, 0) is 23.7 Å². The summed E-state index contributed by atoms with van der Waals surface area (Å²) in [5.74, 6) is -0.248. The van der Waals surface area contributed by atoms with Crippen LogP contribution in [0.2, 0.25) is 0 Å². The standard InChI is InChI=1S/C41H66O12/c1-21-28(44)30(46)31(47)33(51-21)53-32-29(45)24(43)19-50-34(32)52-27-11-12-38(6)25(37(27,4)5)10-13-39(7)26(38)9-8-22-23-18-36(2,3)14-15-40(23,35(48)49)16-17-41(22,39)20-42/h8,21,23-34,42-47H,9-20H2,1-7H3,(H,48,49)/t21-,23?,24+,25?,26?,27?,28-,29-,30+,31+,32+,33-,34-,38?,39?,40?,41?/m0/s1. The Morgan fingerprint density at radius 2 is 1.53 bits per heavy atom. The average Bonchev–Trinajstić information content (AvgIpc) is 3.09. The van der Waals surface area contributed by atoms with Gasteiger partial charge in [0, 0.05) is 5.41 Å². The first kappa shape index (κ1) is 40.0. The van der Waals surface area contributed by atoms with Gasteiger partial charge in [-0.15, -0.1) is 0 Å². The predicted octanol–water partition coefficient (Wildman–Crippen LogP) is 3.52. The van der Waals surface area contributed by atoms with E-state index in [9.17, 15) is 40.5 Å². The van der Waals surface area contributed by atoms with E-state index in [4.69, 9.17) is 18.9 Å². The number of carbonyl (C=O) groups is 1. The average molecular weight is 751 g/mol. The van der Waals surface area contributed by atoms with Gasteiger partial charge in [0.25, 0.3) is 0 Å². The van der Waals surface area contributed by atoms with Crippen molar-refractivity contribution in [3.05, 3.63) is 11.6 Å². The number of aliphatic carboxylic acids is 1. The van der Waals surface area contributed by atoms with E-state index in [2.05, 4.69) is 47.6 Å². The number of hydrogen-bond acceptors (Lipinski definition) is 11. The number of hydrogen-bond donors (Lipinski definition) is 7. The van der Waals surface area contributed by atoms with Crippen molar-refractivity contribution >= 4 is 5.97 Å². The number of carboxylic acids is 1. The van der Waals surface area contributed by atoms with Gasteiger partial charge in [-0.05, 0) is 111 Å². The van der Waals surface area contributed by atoms with Crippen LogP contribution in [-0.4, -0.2) is 116 Å². The van der Waals surface area contributed by atoms with Crippen LogP contribution in [0.25, 0.3) is 0 Å². The molecule has 2 saturated heterocycles. The number of ether oxygens (including phenoxy) is 4. The normalized spacial score (nSPS) is 53.3. The first-order chi connectivity index (χ1) is 24.7. The van der Waals surface area contributed by atoms with Gasteiger partial charge in [-0.2, -0.15) is 0 Å². The molecular weight excluding hydrogens is 684 g/mol. The summed E-state index contributed by atoms with van der Waals surface area (Å²) in [7, 11) is 0. The van der Waals surface area contributed by atoms with Crippen LogP contribution in [0.1, 0.15) is 113 Å². The van der Waals surface area contributed by atoms with Crippen molar-refractivity contribution in [2.75, 3.05) is 13.2 Å². The number of rotatable bonds is 6. The van der Waals surface area contributed by atoms with Gasteiger partial charge in [-0.1, -0.05) is 53.2 Å². The Balaban J connectivity index is 1.15. The molecule has 8 unspecified atom stereocenters. The minimum Gasteiger partial charge on any atom is -0.481 e. The second-order valence-corrected chi connectivity index (χ2v) is 20.1. The van der Waals surface area contributed by atoms with Gasteiger partial charge in [-0.25, -0.2) is 0 Å². The highest BCUT2D eigenvalue weighted by Gasteiger charge is 2.70. The second-order valence-electron chi connectivity index (χ2n) is 20.1. The van der Waals surface area contributed by atoms with Gasteiger partial charge in [0.05, 0.1) is 30.8 Å². The molecule has 0 aromatic heterocycles. The molecule has 4 saturated carbocycles. The molecule has 0 bridgehead atoms. The Bertz CT molecular complexity index is 1430. The second kappa shape index (κ2) is 13.5. The van der Waals surface area contributed by atoms with Gasteiger partial charge in [0.15, 0.2) is 12.6 Å². The summed E-state index contributed by atoms with van der Waals surface area (Å²) in [4.78, 5) is 13.1. The zero-order chi connectivity index (χ0) is 38.7. The van der Waals surface area contributed by atoms with Crippen molar-refractivity contribution in [1.82, 2.24) is 0 Å². The van der Waals surface area contributed by atoms with Crippen molar-refractivity contribution in [2.24, 2.45) is 50.2 Å². The van der Waals surface area contributed by atoms with Gasteiger partial charge >= 0.3 is 5.97 Å². The molecule has 2 heterocycles. The highest BCUT2D eigenvalue weighted by atomic mass is 16.8. The van der Waals surface area contributed by atoms with Gasteiger partial charge in [0.2, 0.25) is 0 Å². The maximum atomic E-state index is 13.1. The molecule has 12 nitrogen and oxygen atoms in total. The molecule has 17 atom stereocenters. The fourth-order valence-electron chi connectivity index (χ4n) is 13.5. The number of fused-ring (bicyclic) bond motifs is 7. The molecule has 12 heteroatoms. The summed E-state index contributed by atoms with van der Waals surface area (Å²) in [6.45, 7) is 15.2. The molecule has 0 aromatic rings. The summed E-state index contributed by atoms with van der Waals surface area (Å²) >= 11 is 0. The van der Waals surface area contributed by atoms with E-state index >= 15 is 0 Å². The minimum absolute atomic E-state index is 0.0249. The topological polar surface area (TPSA) is 196 Å². The Morgan fingerprint density at radius 1 is 0.830 bits per heavy atom. The van der Waals surface area contributed by atoms with Gasteiger partial charge in [-0.3, -0.25) is 4.79 Å². The smallest absolute Gasteiger partial charge is 0.310 e. The van der Waals surface area contributed by atoms with Crippen LogP contribution >= 0.6 is 0 Å². The van der Waals surface area contributed by atoms with Crippen molar-refractivity contribution in [3.8, 4) is 0 Å². The van der Waals surface area contributed by atoms with Gasteiger partial charge < -0.3 is 54.7 Å². The monoisotopic (exact) mass is 750 g/mol. The molecule has 0 radical (unpaired) electrons. The lowest BCUT2D eigenvalue weighted by Crippen LogP contribution is -2.67. The Hall–Kier alpha value is -1.19. The molecule has 53 heavy (non-hydrogen) atoms. The van der Waals surface area contributed by atoms with Crippen molar-refractivity contribution < 1.29 is 59.5 Å². The number of aliphatic hydroxyl groups is 6. The molecule has 7 aliphatic rings. The van der Waals surface area contributed by atoms with Crippen molar-refractivity contribution in [1.29, 1.82) is 0 Å². The first-order valence-electron chi connectivity index (χ1n) is 20.2. The lowest BCUT2D eigenvalue weighted by molar-refractivity contribution is -0.364. The van der Waals surface area contributed by atoms with Crippen LogP contribution in [0.3, 0.4) is 0 Å². The van der Waals surface area contributed by atoms with Crippen LogP contribution in [0.15, 0.2) is 11.6 Å². The maximum Gasteiger partial charge on any atom is 0.310 e. The lowest BCUT2D eigenvalue weighted by atomic mass is 9.33. The third kappa shape index (κ3) is 5.85. The zero-order valence-corrected chi connectivity index (χ0v) is 32.7. The van der Waals surface area contributed by atoms with Crippen molar-refractivity contribution in [3.63, 3.8) is 0 Å². The molecule has 302 valence electrons. The fraction of sp³-hybridized carbons (Fsp3) is 0.927. The lowest BCUT2D eigenvalue weighted by Gasteiger charge is -2.71. The van der Waals surface area contributed by atoms with Crippen LogP contribution in [0.5, 0.6) is 0 Å². The molecule has 7 N–H and O–H groups in total. The summed E-state index contributed by atoms with van der Waals surface area (Å²) in [5, 5.41) is 75.1. The summed E-state index contributed by atoms with van der Waals surface area (Å²) in [5.41, 5.74) is -0.651. The quantitative estimate of drug-likeness (QED) is 0.155. The van der Waals surface area contributed by atoms with E-state index in [0.29, 0.717) is 25.7 Å². The number of allylic oxidation sites excluding steroid dienone is 1. The predicted molar refractivity (Wildman–Crippen MR) is 192 cm³/mol. The van der Waals surface area contributed by atoms with Crippen LogP contribution in [0.4, 0.5) is 0 Å². The third-order valence-electron chi connectivity index (χ3n) is 16.8. The summed E-state index contributed by atoms with van der Waals surface area (Å²) in [6, 6.07) is 0. The Morgan fingerprint density at radius 3 is 2.21 bits per heavy atom. The molecule has 0 aromatic carbocycles. The highest BCUT2D eigenvalue weighted by molar-refractivity contribution is 5.76. The van der Waals surface area contributed by atoms with Crippen molar-refractivity contribution in [2.45, 2.75) is 174 Å². The highest BCUT2D eigenvalue weighted by Crippen LogP contribution is 2.76. The molecule has 6 fully saturated rings. The van der Waals surface area contributed by atoms with E-state index in [1.54, 1.807) is 6.92 Å². The van der Waals surface area contributed by atoms with Gasteiger partial charge in [0.1, 0.15) is 36.6 Å². The largest absolute Gasteiger partial charge is 0.481 e. The maximum absolute atomic E-state index is 13.1. The first-order valence-corrected chi connectivity index (χ1v) is 20.2. The van der Waals surface area contributed by atoms with E-state index in [1.165, 1.54) is 5.57 Å². The number of carboxylic acid groups (broad SMARTS) is 1. The van der Waals surface area contributed by atoms with E-state index in [1.807, 2.05) is 0 Å². The SMILES string of the molecule is C[C@@H]1O[C@@H](O[C@H]2[C@H](OC3CCC4(C)C(CCC5(C)C4CC=C4C6CC(C)(C)CCC6(C(=O)O)CCC45CO)C3(C)C)OC[C@@H](O)[C@@H]2O)[C@H](O)[C@H](O)[C@H]1O.